The predicted octanol–water partition coefficient (Wildman–Crippen LogP) is 6.72. The molecule has 1 aliphatic rings. The highest BCUT2D eigenvalue weighted by Gasteiger charge is 2.28. The van der Waals surface area contributed by atoms with Crippen LogP contribution in [0.2, 0.25) is 0 Å². The third kappa shape index (κ3) is 5.66. The second-order valence-electron chi connectivity index (χ2n) is 7.82. The molecule has 1 heterocycles. The molecule has 0 saturated heterocycles. The van der Waals surface area contributed by atoms with Crippen LogP contribution in [0.25, 0.3) is 5.57 Å². The summed E-state index contributed by atoms with van der Waals surface area (Å²) in [4.78, 5) is 9.42. The summed E-state index contributed by atoms with van der Waals surface area (Å²) in [5, 5.41) is 0. The largest absolute Gasteiger partial charge is 0.257 e. The maximum atomic E-state index is 4.79. The molecule has 2 heteroatoms. The lowest BCUT2D eigenvalue weighted by Crippen LogP contribution is -2.19. The first-order valence-electron chi connectivity index (χ1n) is 9.84. The zero-order chi connectivity index (χ0) is 18.2. The Morgan fingerprint density at radius 3 is 2.44 bits per heavy atom. The number of aromatic nitrogens is 2. The Kier molecular flexibility index (Phi) is 7.61. The maximum Gasteiger partial charge on any atom is 0.0879 e. The minimum Gasteiger partial charge on any atom is -0.257 e. The molecule has 0 aromatic carbocycles. The normalized spacial score (nSPS) is 17.1. The predicted molar refractivity (Wildman–Crippen MR) is 108 cm³/mol. The number of hydrogen-bond donors (Lipinski definition) is 0. The van der Waals surface area contributed by atoms with E-state index in [4.69, 9.17) is 4.98 Å². The van der Waals surface area contributed by atoms with E-state index < -0.39 is 0 Å². The Morgan fingerprint density at radius 2 is 1.88 bits per heavy atom. The first kappa shape index (κ1) is 19.6. The van der Waals surface area contributed by atoms with Gasteiger partial charge in [0.1, 0.15) is 0 Å². The highest BCUT2D eigenvalue weighted by Crippen LogP contribution is 2.40. The fraction of sp³-hybridized carbons (Fsp3) is 0.565. The average molecular weight is 339 g/mol. The fourth-order valence-corrected chi connectivity index (χ4v) is 3.83. The highest BCUT2D eigenvalue weighted by molar-refractivity contribution is 5.68. The number of nitrogens with zero attached hydrogens (tertiary/aromatic N) is 2. The molecular weight excluding hydrogens is 304 g/mol. The minimum atomic E-state index is 0.357. The van der Waals surface area contributed by atoms with Crippen LogP contribution in [0.15, 0.2) is 43.3 Å². The molecule has 0 N–H and O–H groups in total. The van der Waals surface area contributed by atoms with E-state index in [9.17, 15) is 0 Å². The lowest BCUT2D eigenvalue weighted by atomic mass is 9.74. The van der Waals surface area contributed by atoms with Gasteiger partial charge in [-0.15, -0.1) is 0 Å². The molecule has 0 aliphatic heterocycles. The Bertz CT molecular complexity index is 589. The molecule has 1 aromatic heterocycles. The van der Waals surface area contributed by atoms with Gasteiger partial charge in [0.2, 0.25) is 0 Å². The second kappa shape index (κ2) is 9.70. The molecule has 1 fully saturated rings. The third-order valence-electron chi connectivity index (χ3n) is 5.29. The van der Waals surface area contributed by atoms with Crippen molar-refractivity contribution in [1.29, 1.82) is 0 Å². The van der Waals surface area contributed by atoms with E-state index in [0.29, 0.717) is 17.8 Å². The highest BCUT2D eigenvalue weighted by atomic mass is 14.8. The van der Waals surface area contributed by atoms with Crippen molar-refractivity contribution in [1.82, 2.24) is 9.97 Å². The lowest BCUT2D eigenvalue weighted by molar-refractivity contribution is 0.316. The van der Waals surface area contributed by atoms with E-state index in [1.807, 2.05) is 31.5 Å². The molecule has 0 radical (unpaired) electrons. The van der Waals surface area contributed by atoms with Gasteiger partial charge in [-0.2, -0.15) is 0 Å². The van der Waals surface area contributed by atoms with Crippen molar-refractivity contribution in [2.45, 2.75) is 71.6 Å². The quantitative estimate of drug-likeness (QED) is 0.388. The smallest absolute Gasteiger partial charge is 0.0879 e. The minimum absolute atomic E-state index is 0.357. The van der Waals surface area contributed by atoms with Crippen LogP contribution in [0.5, 0.6) is 0 Å². The molecule has 0 spiro atoms. The summed E-state index contributed by atoms with van der Waals surface area (Å²) in [6.07, 6.45) is 16.7. The van der Waals surface area contributed by atoms with Gasteiger partial charge < -0.3 is 0 Å². The summed E-state index contributed by atoms with van der Waals surface area (Å²) in [7, 11) is 0. The van der Waals surface area contributed by atoms with Crippen molar-refractivity contribution in [3.05, 3.63) is 54.7 Å². The zero-order valence-electron chi connectivity index (χ0n) is 16.3. The van der Waals surface area contributed by atoms with Gasteiger partial charge in [-0.05, 0) is 50.0 Å². The van der Waals surface area contributed by atoms with Crippen LogP contribution in [-0.4, -0.2) is 9.97 Å². The summed E-state index contributed by atoms with van der Waals surface area (Å²) in [5.41, 5.74) is 4.21. The fourth-order valence-electron chi connectivity index (χ4n) is 3.83. The van der Waals surface area contributed by atoms with Crippen molar-refractivity contribution < 1.29 is 0 Å². The van der Waals surface area contributed by atoms with E-state index in [1.165, 1.54) is 44.1 Å². The first-order chi connectivity index (χ1) is 12.0. The first-order valence-corrected chi connectivity index (χ1v) is 9.84. The zero-order valence-corrected chi connectivity index (χ0v) is 16.3. The van der Waals surface area contributed by atoms with Gasteiger partial charge in [0, 0.05) is 12.1 Å². The van der Waals surface area contributed by atoms with Gasteiger partial charge in [-0.25, -0.2) is 0 Å². The van der Waals surface area contributed by atoms with Crippen LogP contribution in [0.1, 0.15) is 83.0 Å². The van der Waals surface area contributed by atoms with Gasteiger partial charge in [0.25, 0.3) is 0 Å². The van der Waals surface area contributed by atoms with Crippen LogP contribution in [-0.2, 0) is 0 Å². The monoisotopic (exact) mass is 338 g/mol. The van der Waals surface area contributed by atoms with Gasteiger partial charge >= 0.3 is 0 Å². The molecular formula is C23H34N2. The molecule has 1 aromatic rings. The van der Waals surface area contributed by atoms with Crippen LogP contribution in [0, 0.1) is 11.8 Å². The topological polar surface area (TPSA) is 25.8 Å². The van der Waals surface area contributed by atoms with E-state index >= 15 is 0 Å². The Hall–Kier alpha value is -1.70. The van der Waals surface area contributed by atoms with Crippen LogP contribution in [0.4, 0.5) is 0 Å². The standard InChI is InChI=1S/C23H34N2/c1-6-10-18(4)21-15-25-22(16-24-21)23(19(5)14-13-17(2)3)20-11-8-7-9-12-20/h6,10,15-17,20,23H,4-5,7-9,11-14H2,1-3H3/b10-6-. The van der Waals surface area contributed by atoms with E-state index in [1.54, 1.807) is 0 Å². The third-order valence-corrected chi connectivity index (χ3v) is 5.29. The Balaban J connectivity index is 2.21. The van der Waals surface area contributed by atoms with Crippen molar-refractivity contribution in [3.63, 3.8) is 0 Å². The molecule has 0 amide bonds. The van der Waals surface area contributed by atoms with Gasteiger partial charge in [-0.1, -0.05) is 64.0 Å². The van der Waals surface area contributed by atoms with Crippen molar-refractivity contribution in [3.8, 4) is 0 Å². The molecule has 1 atom stereocenters. The molecule has 1 unspecified atom stereocenters. The summed E-state index contributed by atoms with van der Waals surface area (Å²) < 4.78 is 0. The average Bonchev–Trinajstić information content (AvgIpc) is 2.62. The van der Waals surface area contributed by atoms with Crippen molar-refractivity contribution >= 4 is 5.57 Å². The molecule has 2 nitrogen and oxygen atoms in total. The SMILES string of the molecule is C=C(/C=C\C)c1cnc(C(C(=C)CCC(C)C)C2CCCCC2)cn1. The Morgan fingerprint density at radius 1 is 1.16 bits per heavy atom. The van der Waals surface area contributed by atoms with E-state index in [0.717, 1.165) is 23.4 Å². The molecule has 1 saturated carbocycles. The molecule has 2 rings (SSSR count). The summed E-state index contributed by atoms with van der Waals surface area (Å²) in [5.74, 6) is 1.74. The molecule has 136 valence electrons. The molecule has 25 heavy (non-hydrogen) atoms. The van der Waals surface area contributed by atoms with Crippen molar-refractivity contribution in [2.24, 2.45) is 11.8 Å². The summed E-state index contributed by atoms with van der Waals surface area (Å²) >= 11 is 0. The van der Waals surface area contributed by atoms with Gasteiger partial charge in [0.15, 0.2) is 0 Å². The van der Waals surface area contributed by atoms with E-state index in [-0.39, 0.29) is 0 Å². The van der Waals surface area contributed by atoms with Crippen molar-refractivity contribution in [2.75, 3.05) is 0 Å². The number of allylic oxidation sites excluding steroid dienone is 4. The summed E-state index contributed by atoms with van der Waals surface area (Å²) in [6, 6.07) is 0. The lowest BCUT2D eigenvalue weighted by Gasteiger charge is -2.31. The van der Waals surface area contributed by atoms with E-state index in [2.05, 4.69) is 32.0 Å². The molecule has 1 aliphatic carbocycles. The molecule has 0 bridgehead atoms. The van der Waals surface area contributed by atoms with Gasteiger partial charge in [0.05, 0.1) is 17.6 Å². The van der Waals surface area contributed by atoms with Crippen LogP contribution in [0.3, 0.4) is 0 Å². The number of hydrogen-bond acceptors (Lipinski definition) is 2. The van der Waals surface area contributed by atoms with Crippen LogP contribution < -0.4 is 0 Å². The summed E-state index contributed by atoms with van der Waals surface area (Å²) in [6.45, 7) is 15.1. The maximum absolute atomic E-state index is 4.79. The Labute approximate surface area is 154 Å². The van der Waals surface area contributed by atoms with Gasteiger partial charge in [-0.3, -0.25) is 9.97 Å². The number of rotatable bonds is 8. The second-order valence-corrected chi connectivity index (χ2v) is 7.82. The van der Waals surface area contributed by atoms with Crippen LogP contribution >= 0.6 is 0 Å².